The van der Waals surface area contributed by atoms with E-state index in [0.717, 1.165) is 103 Å². The van der Waals surface area contributed by atoms with Crippen molar-refractivity contribution in [3.63, 3.8) is 0 Å². The van der Waals surface area contributed by atoms with Gasteiger partial charge in [0, 0.05) is 19.3 Å². The van der Waals surface area contributed by atoms with Crippen molar-refractivity contribution < 1.29 is 28.6 Å². The van der Waals surface area contributed by atoms with Crippen molar-refractivity contribution in [3.05, 3.63) is 134 Å². The number of unbranched alkanes of at least 4 members (excludes halogenated alkanes) is 13. The summed E-state index contributed by atoms with van der Waals surface area (Å²) in [5, 5.41) is 0. The molecule has 0 aliphatic rings. The minimum absolute atomic E-state index is 0.127. The van der Waals surface area contributed by atoms with Crippen molar-refractivity contribution in [2.24, 2.45) is 0 Å². The fourth-order valence-corrected chi connectivity index (χ4v) is 5.92. The molecule has 0 aromatic heterocycles. The summed E-state index contributed by atoms with van der Waals surface area (Å²) in [6.45, 7) is 6.21. The normalized spacial score (nSPS) is 13.3. The van der Waals surface area contributed by atoms with E-state index < -0.39 is 6.10 Å². The molecule has 0 aromatic carbocycles. The first-order valence-electron chi connectivity index (χ1n) is 24.3. The minimum Gasteiger partial charge on any atom is -0.462 e. The predicted molar refractivity (Wildman–Crippen MR) is 265 cm³/mol. The molecule has 0 rings (SSSR count). The van der Waals surface area contributed by atoms with E-state index in [-0.39, 0.29) is 44.0 Å². The van der Waals surface area contributed by atoms with E-state index in [1.54, 1.807) is 0 Å². The van der Waals surface area contributed by atoms with Gasteiger partial charge in [-0.2, -0.15) is 0 Å². The van der Waals surface area contributed by atoms with Gasteiger partial charge in [-0.25, -0.2) is 0 Å². The topological polar surface area (TPSA) is 78.9 Å². The Hall–Kier alpha value is -4.45. The molecule has 346 valence electrons. The lowest BCUT2D eigenvalue weighted by atomic mass is 10.1. The minimum atomic E-state index is -0.830. The van der Waals surface area contributed by atoms with Crippen LogP contribution in [0.2, 0.25) is 0 Å². The molecular formula is C56H86O6. The van der Waals surface area contributed by atoms with Gasteiger partial charge >= 0.3 is 17.9 Å². The first-order valence-corrected chi connectivity index (χ1v) is 24.3. The lowest BCUT2D eigenvalue weighted by Crippen LogP contribution is -2.30. The summed E-state index contributed by atoms with van der Waals surface area (Å²) >= 11 is 0. The van der Waals surface area contributed by atoms with Gasteiger partial charge in [-0.1, -0.05) is 199 Å². The molecule has 0 radical (unpaired) electrons. The highest BCUT2D eigenvalue weighted by Crippen LogP contribution is 2.12. The maximum Gasteiger partial charge on any atom is 0.306 e. The third-order valence-electron chi connectivity index (χ3n) is 9.53. The smallest absolute Gasteiger partial charge is 0.306 e. The van der Waals surface area contributed by atoms with Gasteiger partial charge in [-0.15, -0.1) is 0 Å². The van der Waals surface area contributed by atoms with Crippen molar-refractivity contribution in [2.45, 2.75) is 187 Å². The van der Waals surface area contributed by atoms with Gasteiger partial charge in [0.05, 0.1) is 0 Å². The molecule has 6 heteroatoms. The van der Waals surface area contributed by atoms with Crippen LogP contribution in [0.3, 0.4) is 0 Å². The van der Waals surface area contributed by atoms with Crippen LogP contribution in [0.15, 0.2) is 134 Å². The van der Waals surface area contributed by atoms with Gasteiger partial charge in [0.2, 0.25) is 0 Å². The van der Waals surface area contributed by atoms with Crippen molar-refractivity contribution in [1.29, 1.82) is 0 Å². The fraction of sp³-hybridized carbons (Fsp3) is 0.554. The number of hydrogen-bond donors (Lipinski definition) is 0. The number of carbonyl (C=O) groups excluding carboxylic acids is 3. The van der Waals surface area contributed by atoms with Crippen LogP contribution in [-0.2, 0) is 28.6 Å². The highest BCUT2D eigenvalue weighted by molar-refractivity contribution is 5.71. The summed E-state index contributed by atoms with van der Waals surface area (Å²) in [5.74, 6) is -1.06. The second-order valence-corrected chi connectivity index (χ2v) is 15.4. The Morgan fingerprint density at radius 1 is 0.355 bits per heavy atom. The van der Waals surface area contributed by atoms with E-state index in [2.05, 4.69) is 99.8 Å². The standard InChI is InChI=1S/C56H86O6/c1-4-7-10-13-16-19-22-25-27-29-31-34-37-40-43-46-49-55(58)61-52-53(51-60-54(57)48-45-42-39-36-33-30-24-21-18-15-12-9-6-3)62-56(59)50-47-44-41-38-35-32-28-26-23-20-17-14-11-8-5-2/h7,9-10,12,15-21,23-27,30-31,33-34,36,39,53H,4-6,8,11,13-14,22,28-29,32,35,37-38,40-52H2,1-3H3/b10-7-,12-9-,18-15-,19-16-,20-17-,24-21-,26-23-,27-25-,33-30-,34-31-,39-36-. The average molecular weight is 855 g/mol. The molecule has 1 unspecified atom stereocenters. The Kier molecular flexibility index (Phi) is 45.7. The van der Waals surface area contributed by atoms with Crippen LogP contribution in [0.1, 0.15) is 181 Å². The summed E-state index contributed by atoms with van der Waals surface area (Å²) < 4.78 is 16.7. The van der Waals surface area contributed by atoms with Crippen LogP contribution in [0.5, 0.6) is 0 Å². The molecule has 0 fully saturated rings. The second kappa shape index (κ2) is 49.2. The first kappa shape index (κ1) is 57.5. The van der Waals surface area contributed by atoms with E-state index in [1.165, 1.54) is 32.1 Å². The van der Waals surface area contributed by atoms with E-state index in [0.29, 0.717) is 12.8 Å². The monoisotopic (exact) mass is 855 g/mol. The van der Waals surface area contributed by atoms with Gasteiger partial charge in [0.15, 0.2) is 6.10 Å². The van der Waals surface area contributed by atoms with Crippen molar-refractivity contribution in [2.75, 3.05) is 13.2 Å². The molecule has 0 saturated heterocycles. The van der Waals surface area contributed by atoms with Gasteiger partial charge in [0.25, 0.3) is 0 Å². The summed E-state index contributed by atoms with van der Waals surface area (Å²) in [6, 6.07) is 0. The largest absolute Gasteiger partial charge is 0.462 e. The molecule has 0 heterocycles. The van der Waals surface area contributed by atoms with Gasteiger partial charge < -0.3 is 14.2 Å². The van der Waals surface area contributed by atoms with E-state index in [9.17, 15) is 14.4 Å². The second-order valence-electron chi connectivity index (χ2n) is 15.4. The molecule has 1 atom stereocenters. The Bertz CT molecular complexity index is 1400. The molecule has 0 N–H and O–H groups in total. The summed E-state index contributed by atoms with van der Waals surface area (Å²) in [5.41, 5.74) is 0. The number of rotatable bonds is 41. The molecule has 0 aromatic rings. The molecular weight excluding hydrogens is 769 g/mol. The molecule has 0 amide bonds. The number of ether oxygens (including phenoxy) is 3. The Morgan fingerprint density at radius 2 is 0.726 bits per heavy atom. The van der Waals surface area contributed by atoms with Crippen LogP contribution in [0.25, 0.3) is 0 Å². The quantitative estimate of drug-likeness (QED) is 0.0200. The molecule has 0 spiro atoms. The average Bonchev–Trinajstić information content (AvgIpc) is 3.27. The number of hydrogen-bond acceptors (Lipinski definition) is 6. The van der Waals surface area contributed by atoms with E-state index in [4.69, 9.17) is 14.2 Å². The zero-order valence-electron chi connectivity index (χ0n) is 39.3. The third kappa shape index (κ3) is 46.6. The maximum absolute atomic E-state index is 12.8. The Balaban J connectivity index is 4.59. The number of esters is 3. The third-order valence-corrected chi connectivity index (χ3v) is 9.53. The van der Waals surface area contributed by atoms with Crippen LogP contribution in [0.4, 0.5) is 0 Å². The lowest BCUT2D eigenvalue weighted by molar-refractivity contribution is -0.167. The van der Waals surface area contributed by atoms with E-state index >= 15 is 0 Å². The van der Waals surface area contributed by atoms with Crippen LogP contribution < -0.4 is 0 Å². The van der Waals surface area contributed by atoms with E-state index in [1.807, 2.05) is 54.7 Å². The Labute approximate surface area is 379 Å². The first-order chi connectivity index (χ1) is 30.5. The maximum atomic E-state index is 12.8. The Morgan fingerprint density at radius 3 is 1.27 bits per heavy atom. The van der Waals surface area contributed by atoms with Crippen LogP contribution >= 0.6 is 0 Å². The highest BCUT2D eigenvalue weighted by Gasteiger charge is 2.19. The van der Waals surface area contributed by atoms with Crippen molar-refractivity contribution >= 4 is 17.9 Å². The summed E-state index contributed by atoms with van der Waals surface area (Å²) in [6.07, 6.45) is 68.7. The molecule has 0 bridgehead atoms. The summed E-state index contributed by atoms with van der Waals surface area (Å²) in [7, 11) is 0. The highest BCUT2D eigenvalue weighted by atomic mass is 16.6. The van der Waals surface area contributed by atoms with Gasteiger partial charge in [-0.3, -0.25) is 14.4 Å². The predicted octanol–water partition coefficient (Wildman–Crippen LogP) is 15.9. The molecule has 0 aliphatic carbocycles. The molecule has 6 nitrogen and oxygen atoms in total. The van der Waals surface area contributed by atoms with Gasteiger partial charge in [0.1, 0.15) is 13.2 Å². The summed E-state index contributed by atoms with van der Waals surface area (Å²) in [4.78, 5) is 37.9. The zero-order chi connectivity index (χ0) is 45.1. The van der Waals surface area contributed by atoms with Crippen molar-refractivity contribution in [3.8, 4) is 0 Å². The number of carbonyl (C=O) groups is 3. The zero-order valence-corrected chi connectivity index (χ0v) is 39.3. The van der Waals surface area contributed by atoms with Gasteiger partial charge in [-0.05, 0) is 96.3 Å². The van der Waals surface area contributed by atoms with Crippen LogP contribution in [0, 0.1) is 0 Å². The lowest BCUT2D eigenvalue weighted by Gasteiger charge is -2.18. The SMILES string of the molecule is CC\C=C/C=C\C=C/C=C\C=C/CCCC(=O)OCC(COC(=O)CCCCC/C=C\C/C=C\C/C=C\C/C=C\CC)OC(=O)CCCCCCCC/C=C\C=C/CCCCC. The molecule has 0 saturated carbocycles. The molecule has 62 heavy (non-hydrogen) atoms. The fourth-order valence-electron chi connectivity index (χ4n) is 5.92. The van der Waals surface area contributed by atoms with Crippen LogP contribution in [-0.4, -0.2) is 37.2 Å². The van der Waals surface area contributed by atoms with Crippen molar-refractivity contribution in [1.82, 2.24) is 0 Å². The number of allylic oxidation sites excluding steroid dienone is 22. The molecule has 0 aliphatic heterocycles.